The van der Waals surface area contributed by atoms with E-state index in [0.717, 1.165) is 19.4 Å². The molecule has 0 atom stereocenters. The van der Waals surface area contributed by atoms with Crippen LogP contribution in [-0.2, 0) is 4.74 Å². The van der Waals surface area contributed by atoms with Crippen molar-refractivity contribution in [2.45, 2.75) is 71.4 Å². The molecule has 0 spiro atoms. The van der Waals surface area contributed by atoms with Crippen molar-refractivity contribution in [3.05, 3.63) is 0 Å². The second-order valence-electron chi connectivity index (χ2n) is 8.38. The average molecular weight is 389 g/mol. The maximum Gasteiger partial charge on any atom is 0.410 e. The summed E-state index contributed by atoms with van der Waals surface area (Å²) in [5, 5.41) is 3.09. The van der Waals surface area contributed by atoms with Crippen LogP contribution in [0.5, 0.6) is 0 Å². The minimum atomic E-state index is -2.45. The molecule has 0 aromatic heterocycles. The third-order valence-corrected chi connectivity index (χ3v) is 4.70. The Bertz CT molecular complexity index is 510. The number of ether oxygens (including phenoxy) is 1. The summed E-state index contributed by atoms with van der Waals surface area (Å²) in [6, 6.07) is 0.120. The lowest BCUT2D eigenvalue weighted by atomic mass is 10.0. The van der Waals surface area contributed by atoms with Gasteiger partial charge in [-0.1, -0.05) is 0 Å². The molecule has 1 saturated carbocycles. The van der Waals surface area contributed by atoms with E-state index in [1.54, 1.807) is 0 Å². The molecule has 0 radical (unpaired) electrons. The number of alkyl halides is 2. The van der Waals surface area contributed by atoms with Gasteiger partial charge in [0.1, 0.15) is 12.1 Å². The molecule has 2 aliphatic rings. The molecule has 27 heavy (non-hydrogen) atoms. The Morgan fingerprint density at radius 3 is 2.37 bits per heavy atom. The quantitative estimate of drug-likeness (QED) is 0.560. The second kappa shape index (κ2) is 9.55. The van der Waals surface area contributed by atoms with Crippen molar-refractivity contribution in [3.8, 4) is 0 Å². The summed E-state index contributed by atoms with van der Waals surface area (Å²) in [5.41, 5.74) is -0.514. The van der Waals surface area contributed by atoms with E-state index >= 15 is 0 Å². The van der Waals surface area contributed by atoms with Gasteiger partial charge in [-0.15, -0.1) is 0 Å². The number of likely N-dealkylation sites (tertiary alicyclic amines) is 1. The van der Waals surface area contributed by atoms with Crippen LogP contribution in [0.25, 0.3) is 0 Å². The van der Waals surface area contributed by atoms with Crippen molar-refractivity contribution in [1.82, 2.24) is 15.1 Å². The number of carbonyl (C=O) groups is 1. The van der Waals surface area contributed by atoms with Crippen molar-refractivity contribution < 1.29 is 18.3 Å². The molecule has 2 fully saturated rings. The fraction of sp³-hybridized carbons (Fsp3) is 0.895. The zero-order chi connectivity index (χ0) is 20.0. The van der Waals surface area contributed by atoms with Crippen LogP contribution >= 0.6 is 0 Å². The predicted molar refractivity (Wildman–Crippen MR) is 102 cm³/mol. The predicted octanol–water partition coefficient (Wildman–Crippen LogP) is 3.33. The van der Waals surface area contributed by atoms with E-state index in [1.807, 2.05) is 37.5 Å². The van der Waals surface area contributed by atoms with Gasteiger partial charge in [-0.25, -0.2) is 18.6 Å². The van der Waals surface area contributed by atoms with E-state index in [0.29, 0.717) is 31.5 Å². The first kappa shape index (κ1) is 21.7. The lowest BCUT2D eigenvalue weighted by Crippen LogP contribution is -2.52. The highest BCUT2D eigenvalue weighted by Crippen LogP contribution is 2.32. The van der Waals surface area contributed by atoms with Crippen molar-refractivity contribution in [2.75, 3.05) is 32.7 Å². The van der Waals surface area contributed by atoms with Crippen LogP contribution < -0.4 is 5.32 Å². The fourth-order valence-electron chi connectivity index (χ4n) is 3.24. The summed E-state index contributed by atoms with van der Waals surface area (Å²) >= 11 is 0. The van der Waals surface area contributed by atoms with E-state index in [1.165, 1.54) is 12.8 Å². The van der Waals surface area contributed by atoms with Gasteiger partial charge in [-0.2, -0.15) is 0 Å². The second-order valence-corrected chi connectivity index (χ2v) is 8.38. The summed E-state index contributed by atoms with van der Waals surface area (Å²) < 4.78 is 30.6. The number of nitrogens with one attached hydrogen (secondary N) is 1. The highest BCUT2D eigenvalue weighted by Gasteiger charge is 2.35. The molecule has 1 amide bonds. The maximum absolute atomic E-state index is 12.7. The molecule has 1 saturated heterocycles. The number of carbonyl (C=O) groups excluding carboxylic acids is 1. The SMILES string of the molecule is CCNC(=NCC(F)F)N1CCC(N(CC2CC2)C(=O)OC(C)(C)C)CC1. The van der Waals surface area contributed by atoms with E-state index in [-0.39, 0.29) is 12.1 Å². The molecule has 0 bridgehead atoms. The van der Waals surface area contributed by atoms with E-state index in [2.05, 4.69) is 10.3 Å². The topological polar surface area (TPSA) is 57.2 Å². The Labute approximate surface area is 161 Å². The number of rotatable bonds is 6. The molecular formula is C19H34F2N4O2. The third-order valence-electron chi connectivity index (χ3n) is 4.70. The fourth-order valence-corrected chi connectivity index (χ4v) is 3.24. The van der Waals surface area contributed by atoms with E-state index in [4.69, 9.17) is 4.74 Å². The van der Waals surface area contributed by atoms with Crippen molar-refractivity contribution in [2.24, 2.45) is 10.9 Å². The van der Waals surface area contributed by atoms with Crippen LogP contribution in [0, 0.1) is 5.92 Å². The summed E-state index contributed by atoms with van der Waals surface area (Å²) in [6.07, 6.45) is 1.21. The Morgan fingerprint density at radius 1 is 1.26 bits per heavy atom. The molecule has 6 nitrogen and oxygen atoms in total. The molecule has 1 aliphatic heterocycles. The van der Waals surface area contributed by atoms with Gasteiger partial charge >= 0.3 is 6.09 Å². The van der Waals surface area contributed by atoms with Crippen molar-refractivity contribution >= 4 is 12.1 Å². The number of amides is 1. The molecular weight excluding hydrogens is 354 g/mol. The summed E-state index contributed by atoms with van der Waals surface area (Å²) in [7, 11) is 0. The molecule has 1 aliphatic carbocycles. The minimum absolute atomic E-state index is 0.120. The van der Waals surface area contributed by atoms with Crippen molar-refractivity contribution in [3.63, 3.8) is 0 Å². The summed E-state index contributed by atoms with van der Waals surface area (Å²) in [4.78, 5) is 20.6. The average Bonchev–Trinajstić information content (AvgIpc) is 3.39. The van der Waals surface area contributed by atoms with Crippen LogP contribution in [0.3, 0.4) is 0 Å². The van der Waals surface area contributed by atoms with E-state index in [9.17, 15) is 13.6 Å². The number of piperidine rings is 1. The Hall–Kier alpha value is -1.60. The van der Waals surface area contributed by atoms with Gasteiger partial charge in [0.25, 0.3) is 6.43 Å². The Balaban J connectivity index is 1.97. The van der Waals surface area contributed by atoms with Gasteiger partial charge < -0.3 is 19.9 Å². The number of aliphatic imine (C=N–C) groups is 1. The number of hydrogen-bond acceptors (Lipinski definition) is 3. The van der Waals surface area contributed by atoms with Crippen LogP contribution in [0.15, 0.2) is 4.99 Å². The smallest absolute Gasteiger partial charge is 0.410 e. The zero-order valence-electron chi connectivity index (χ0n) is 17.0. The van der Waals surface area contributed by atoms with Crippen molar-refractivity contribution in [1.29, 1.82) is 0 Å². The van der Waals surface area contributed by atoms with Gasteiger partial charge in [-0.3, -0.25) is 0 Å². The van der Waals surface area contributed by atoms with Crippen LogP contribution in [0.2, 0.25) is 0 Å². The first-order chi connectivity index (χ1) is 12.7. The number of hydrogen-bond donors (Lipinski definition) is 1. The third kappa shape index (κ3) is 7.50. The lowest BCUT2D eigenvalue weighted by molar-refractivity contribution is 0.00926. The highest BCUT2D eigenvalue weighted by molar-refractivity contribution is 5.80. The highest BCUT2D eigenvalue weighted by atomic mass is 19.3. The molecule has 0 unspecified atom stereocenters. The largest absolute Gasteiger partial charge is 0.444 e. The molecule has 0 aromatic rings. The monoisotopic (exact) mass is 388 g/mol. The number of guanidine groups is 1. The Morgan fingerprint density at radius 2 is 1.89 bits per heavy atom. The molecule has 1 N–H and O–H groups in total. The van der Waals surface area contributed by atoms with Gasteiger partial charge in [0, 0.05) is 32.2 Å². The summed E-state index contributed by atoms with van der Waals surface area (Å²) in [5.74, 6) is 1.11. The molecule has 1 heterocycles. The first-order valence-corrected chi connectivity index (χ1v) is 10.0. The first-order valence-electron chi connectivity index (χ1n) is 10.0. The summed E-state index contributed by atoms with van der Waals surface area (Å²) in [6.45, 7) is 9.82. The molecule has 156 valence electrons. The van der Waals surface area contributed by atoms with Gasteiger partial charge in [0.05, 0.1) is 0 Å². The minimum Gasteiger partial charge on any atom is -0.444 e. The van der Waals surface area contributed by atoms with Crippen LogP contribution in [-0.4, -0.2) is 72.6 Å². The van der Waals surface area contributed by atoms with Crippen LogP contribution in [0.1, 0.15) is 53.4 Å². The van der Waals surface area contributed by atoms with Crippen LogP contribution in [0.4, 0.5) is 13.6 Å². The normalized spacial score (nSPS) is 19.4. The number of halogens is 2. The zero-order valence-corrected chi connectivity index (χ0v) is 17.0. The Kier molecular flexibility index (Phi) is 7.68. The molecule has 8 heteroatoms. The standard InChI is InChI=1S/C19H34F2N4O2/c1-5-22-17(23-12-16(20)21)24-10-8-15(9-11-24)25(13-14-6-7-14)18(26)27-19(2,3)4/h14-16H,5-13H2,1-4H3,(H,22,23). The van der Waals surface area contributed by atoms with Gasteiger partial charge in [0.2, 0.25) is 0 Å². The number of nitrogens with zero attached hydrogens (tertiary/aromatic N) is 3. The maximum atomic E-state index is 12.7. The molecule has 2 rings (SSSR count). The lowest BCUT2D eigenvalue weighted by Gasteiger charge is -2.40. The van der Waals surface area contributed by atoms with Gasteiger partial charge in [0.15, 0.2) is 5.96 Å². The van der Waals surface area contributed by atoms with E-state index < -0.39 is 18.6 Å². The molecule has 0 aromatic carbocycles. The van der Waals surface area contributed by atoms with Gasteiger partial charge in [-0.05, 0) is 59.3 Å².